The van der Waals surface area contributed by atoms with Gasteiger partial charge in [0, 0.05) is 31.6 Å². The molecule has 1 aliphatic carbocycles. The lowest BCUT2D eigenvalue weighted by Gasteiger charge is -2.25. The van der Waals surface area contributed by atoms with Gasteiger partial charge in [-0.1, -0.05) is 26.0 Å². The number of guanidine groups is 1. The highest BCUT2D eigenvalue weighted by molar-refractivity contribution is 5.80. The Hall–Kier alpha value is -1.62. The van der Waals surface area contributed by atoms with Gasteiger partial charge in [0.05, 0.1) is 6.54 Å². The van der Waals surface area contributed by atoms with Gasteiger partial charge in [0.15, 0.2) is 5.96 Å². The minimum atomic E-state index is -0.145. The molecule has 5 heteroatoms. The number of rotatable bonds is 8. The molecule has 1 atom stereocenters. The van der Waals surface area contributed by atoms with Gasteiger partial charge in [-0.15, -0.1) is 0 Å². The van der Waals surface area contributed by atoms with E-state index in [0.29, 0.717) is 5.92 Å². The van der Waals surface area contributed by atoms with Crippen molar-refractivity contribution in [2.45, 2.75) is 45.4 Å². The Kier molecular flexibility index (Phi) is 6.74. The average Bonchev–Trinajstić information content (AvgIpc) is 3.33. The lowest BCUT2D eigenvalue weighted by Crippen LogP contribution is -2.41. The molecular formula is C22H35FN4. The first-order valence-corrected chi connectivity index (χ1v) is 10.6. The second kappa shape index (κ2) is 9.05. The first kappa shape index (κ1) is 20.1. The molecule has 1 heterocycles. The fourth-order valence-electron chi connectivity index (χ4n) is 4.18. The summed E-state index contributed by atoms with van der Waals surface area (Å²) in [5, 5.41) is 3.48. The van der Waals surface area contributed by atoms with Crippen molar-refractivity contribution in [3.63, 3.8) is 0 Å². The average molecular weight is 375 g/mol. The molecule has 4 nitrogen and oxygen atoms in total. The molecule has 0 bridgehead atoms. The summed E-state index contributed by atoms with van der Waals surface area (Å²) in [6.45, 7) is 13.8. The van der Waals surface area contributed by atoms with Gasteiger partial charge in [-0.05, 0) is 62.9 Å². The molecule has 0 aromatic heterocycles. The van der Waals surface area contributed by atoms with Gasteiger partial charge in [0.1, 0.15) is 5.82 Å². The van der Waals surface area contributed by atoms with Crippen LogP contribution in [0.3, 0.4) is 0 Å². The van der Waals surface area contributed by atoms with Crippen LogP contribution in [0.2, 0.25) is 0 Å². The van der Waals surface area contributed by atoms with Crippen molar-refractivity contribution in [2.75, 3.05) is 45.8 Å². The SMILES string of the molecule is CCNC(=NCC1(c2cccc(F)c2)CC1)N1CCC(CN(CC)CC)C1. The molecule has 1 aromatic carbocycles. The van der Waals surface area contributed by atoms with Crippen molar-refractivity contribution < 1.29 is 4.39 Å². The van der Waals surface area contributed by atoms with E-state index in [4.69, 9.17) is 4.99 Å². The maximum Gasteiger partial charge on any atom is 0.193 e. The third kappa shape index (κ3) is 5.01. The van der Waals surface area contributed by atoms with Gasteiger partial charge in [0.25, 0.3) is 0 Å². The van der Waals surface area contributed by atoms with Crippen LogP contribution in [0.1, 0.15) is 45.6 Å². The van der Waals surface area contributed by atoms with E-state index in [0.717, 1.165) is 63.6 Å². The second-order valence-corrected chi connectivity index (χ2v) is 8.05. The van der Waals surface area contributed by atoms with Crippen LogP contribution in [0.4, 0.5) is 4.39 Å². The molecule has 1 unspecified atom stereocenters. The van der Waals surface area contributed by atoms with Crippen molar-refractivity contribution >= 4 is 5.96 Å². The summed E-state index contributed by atoms with van der Waals surface area (Å²) in [5.74, 6) is 1.60. The molecule has 2 fully saturated rings. The van der Waals surface area contributed by atoms with Crippen LogP contribution in [-0.2, 0) is 5.41 Å². The van der Waals surface area contributed by atoms with Gasteiger partial charge < -0.3 is 15.1 Å². The lowest BCUT2D eigenvalue weighted by molar-refractivity contribution is 0.255. The molecule has 1 saturated carbocycles. The van der Waals surface area contributed by atoms with Crippen LogP contribution < -0.4 is 5.32 Å². The van der Waals surface area contributed by atoms with Crippen LogP contribution in [0, 0.1) is 11.7 Å². The molecule has 0 spiro atoms. The van der Waals surface area contributed by atoms with Crippen molar-refractivity contribution in [3.8, 4) is 0 Å². The first-order valence-electron chi connectivity index (χ1n) is 10.6. The number of benzene rings is 1. The van der Waals surface area contributed by atoms with Crippen LogP contribution in [0.25, 0.3) is 0 Å². The van der Waals surface area contributed by atoms with E-state index in [2.05, 4.69) is 42.0 Å². The number of aliphatic imine (C=N–C) groups is 1. The summed E-state index contributed by atoms with van der Waals surface area (Å²) >= 11 is 0. The molecular weight excluding hydrogens is 339 g/mol. The monoisotopic (exact) mass is 374 g/mol. The number of nitrogens with one attached hydrogen (secondary N) is 1. The van der Waals surface area contributed by atoms with Crippen LogP contribution in [0.5, 0.6) is 0 Å². The zero-order chi connectivity index (χ0) is 19.3. The van der Waals surface area contributed by atoms with Crippen LogP contribution >= 0.6 is 0 Å². The van der Waals surface area contributed by atoms with E-state index in [1.54, 1.807) is 6.07 Å². The maximum absolute atomic E-state index is 13.6. The minimum absolute atomic E-state index is 0.0448. The predicted octanol–water partition coefficient (Wildman–Crippen LogP) is 3.49. The summed E-state index contributed by atoms with van der Waals surface area (Å²) < 4.78 is 13.6. The van der Waals surface area contributed by atoms with E-state index in [1.165, 1.54) is 19.0 Å². The van der Waals surface area contributed by atoms with E-state index in [9.17, 15) is 4.39 Å². The zero-order valence-electron chi connectivity index (χ0n) is 17.2. The molecule has 1 aliphatic heterocycles. The van der Waals surface area contributed by atoms with Crippen LogP contribution in [-0.4, -0.2) is 61.6 Å². The van der Waals surface area contributed by atoms with E-state index >= 15 is 0 Å². The lowest BCUT2D eigenvalue weighted by atomic mass is 9.96. The number of hydrogen-bond acceptors (Lipinski definition) is 2. The highest BCUT2D eigenvalue weighted by Crippen LogP contribution is 2.48. The summed E-state index contributed by atoms with van der Waals surface area (Å²) in [4.78, 5) is 9.92. The van der Waals surface area contributed by atoms with E-state index in [-0.39, 0.29) is 11.2 Å². The van der Waals surface area contributed by atoms with E-state index < -0.39 is 0 Å². The zero-order valence-corrected chi connectivity index (χ0v) is 17.2. The van der Waals surface area contributed by atoms with Crippen LogP contribution in [0.15, 0.2) is 29.3 Å². The highest BCUT2D eigenvalue weighted by Gasteiger charge is 2.44. The third-order valence-electron chi connectivity index (χ3n) is 6.15. The fourth-order valence-corrected chi connectivity index (χ4v) is 4.18. The molecule has 150 valence electrons. The second-order valence-electron chi connectivity index (χ2n) is 8.05. The van der Waals surface area contributed by atoms with Gasteiger partial charge >= 0.3 is 0 Å². The Morgan fingerprint density at radius 2 is 2.07 bits per heavy atom. The number of likely N-dealkylation sites (tertiary alicyclic amines) is 1. The predicted molar refractivity (Wildman–Crippen MR) is 111 cm³/mol. The first-order chi connectivity index (χ1) is 13.1. The number of nitrogens with zero attached hydrogens (tertiary/aromatic N) is 3. The summed E-state index contributed by atoms with van der Waals surface area (Å²) in [5.41, 5.74) is 1.14. The molecule has 27 heavy (non-hydrogen) atoms. The minimum Gasteiger partial charge on any atom is -0.357 e. The Balaban J connectivity index is 1.64. The molecule has 0 radical (unpaired) electrons. The quantitative estimate of drug-likeness (QED) is 0.558. The molecule has 3 rings (SSSR count). The largest absolute Gasteiger partial charge is 0.357 e. The fraction of sp³-hybridized carbons (Fsp3) is 0.682. The van der Waals surface area contributed by atoms with Gasteiger partial charge in [-0.3, -0.25) is 4.99 Å². The maximum atomic E-state index is 13.6. The Morgan fingerprint density at radius 3 is 2.70 bits per heavy atom. The third-order valence-corrected chi connectivity index (χ3v) is 6.15. The van der Waals surface area contributed by atoms with Crippen molar-refractivity contribution in [3.05, 3.63) is 35.6 Å². The van der Waals surface area contributed by atoms with Crippen molar-refractivity contribution in [1.82, 2.24) is 15.1 Å². The van der Waals surface area contributed by atoms with Crippen molar-refractivity contribution in [1.29, 1.82) is 0 Å². The Bertz CT molecular complexity index is 637. The molecule has 1 saturated heterocycles. The highest BCUT2D eigenvalue weighted by atomic mass is 19.1. The van der Waals surface area contributed by atoms with E-state index in [1.807, 2.05) is 6.07 Å². The smallest absolute Gasteiger partial charge is 0.193 e. The van der Waals surface area contributed by atoms with Gasteiger partial charge in [-0.25, -0.2) is 4.39 Å². The summed E-state index contributed by atoms with van der Waals surface area (Å²) in [6, 6.07) is 7.07. The molecule has 0 amide bonds. The van der Waals surface area contributed by atoms with Crippen molar-refractivity contribution in [2.24, 2.45) is 10.9 Å². The molecule has 1 N–H and O–H groups in total. The Morgan fingerprint density at radius 1 is 1.30 bits per heavy atom. The summed E-state index contributed by atoms with van der Waals surface area (Å²) in [7, 11) is 0. The summed E-state index contributed by atoms with van der Waals surface area (Å²) in [6.07, 6.45) is 3.43. The van der Waals surface area contributed by atoms with Gasteiger partial charge in [-0.2, -0.15) is 0 Å². The normalized spacial score (nSPS) is 21.7. The standard InChI is InChI=1S/C22H35FN4/c1-4-24-21(27-13-10-18(16-27)15-26(5-2)6-3)25-17-22(11-12-22)19-8-7-9-20(23)14-19/h7-9,14,18H,4-6,10-13,15-17H2,1-3H3,(H,24,25). The number of halogens is 1. The van der Waals surface area contributed by atoms with Gasteiger partial charge in [0.2, 0.25) is 0 Å². The molecule has 2 aliphatic rings. The topological polar surface area (TPSA) is 30.9 Å². The molecule has 1 aromatic rings. The Labute approximate surface area is 163 Å². The number of hydrogen-bond donors (Lipinski definition) is 1.